The molecule has 1 rings (SSSR count). The van der Waals surface area contributed by atoms with Crippen LogP contribution in [0.2, 0.25) is 0 Å². The molecule has 0 aromatic carbocycles. The second-order valence-corrected chi connectivity index (χ2v) is 7.90. The topological polar surface area (TPSA) is 26.3 Å². The second-order valence-electron chi connectivity index (χ2n) is 5.48. The second kappa shape index (κ2) is 6.20. The van der Waals surface area contributed by atoms with Crippen LogP contribution < -0.4 is 0 Å². The van der Waals surface area contributed by atoms with Crippen LogP contribution >= 0.6 is 23.5 Å². The smallest absolute Gasteiger partial charge is 0.309 e. The summed E-state index contributed by atoms with van der Waals surface area (Å²) in [5, 5.41) is 0. The number of thioether (sulfide) groups is 2. The lowest BCUT2D eigenvalue weighted by Gasteiger charge is -2.25. The van der Waals surface area contributed by atoms with Gasteiger partial charge in [-0.25, -0.2) is 0 Å². The molecular formula is C12H22O2S2. The number of carbonyl (C=O) groups is 1. The van der Waals surface area contributed by atoms with Crippen molar-refractivity contribution in [3.63, 3.8) is 0 Å². The van der Waals surface area contributed by atoms with Crippen LogP contribution in [0.5, 0.6) is 0 Å². The van der Waals surface area contributed by atoms with Gasteiger partial charge in [-0.05, 0) is 11.8 Å². The van der Waals surface area contributed by atoms with Crippen molar-refractivity contribution >= 4 is 29.5 Å². The highest BCUT2D eigenvalue weighted by atomic mass is 32.2. The van der Waals surface area contributed by atoms with Gasteiger partial charge < -0.3 is 4.74 Å². The van der Waals surface area contributed by atoms with E-state index in [0.29, 0.717) is 0 Å². The minimum Gasteiger partial charge on any atom is -0.450 e. The Morgan fingerprint density at radius 3 is 2.62 bits per heavy atom. The predicted molar refractivity (Wildman–Crippen MR) is 72.9 cm³/mol. The minimum atomic E-state index is -0.0325. The molecule has 1 aliphatic rings. The van der Waals surface area contributed by atoms with Crippen molar-refractivity contribution in [1.29, 1.82) is 0 Å². The monoisotopic (exact) mass is 262 g/mol. The summed E-state index contributed by atoms with van der Waals surface area (Å²) in [5.74, 6) is 3.19. The van der Waals surface area contributed by atoms with E-state index < -0.39 is 0 Å². The van der Waals surface area contributed by atoms with Gasteiger partial charge in [0, 0.05) is 17.3 Å². The number of esters is 1. The summed E-state index contributed by atoms with van der Waals surface area (Å²) in [5.41, 5.74) is 0.265. The molecule has 0 aromatic rings. The van der Waals surface area contributed by atoms with E-state index in [1.54, 1.807) is 11.8 Å². The van der Waals surface area contributed by atoms with Crippen molar-refractivity contribution in [2.75, 3.05) is 17.3 Å². The fraction of sp³-hybridized carbons (Fsp3) is 0.917. The highest BCUT2D eigenvalue weighted by Gasteiger charge is 2.25. The van der Waals surface area contributed by atoms with E-state index in [2.05, 4.69) is 20.8 Å². The number of rotatable bonds is 3. The highest BCUT2D eigenvalue weighted by molar-refractivity contribution is 8.06. The van der Waals surface area contributed by atoms with Crippen LogP contribution in [0.3, 0.4) is 0 Å². The third-order valence-corrected chi connectivity index (χ3v) is 4.93. The molecular weight excluding hydrogens is 240 g/mol. The van der Waals surface area contributed by atoms with E-state index in [0.717, 1.165) is 17.9 Å². The molecule has 0 bridgehead atoms. The van der Waals surface area contributed by atoms with Crippen molar-refractivity contribution in [2.45, 2.75) is 39.6 Å². The van der Waals surface area contributed by atoms with Crippen molar-refractivity contribution < 1.29 is 9.53 Å². The molecule has 2 atom stereocenters. The molecule has 2 unspecified atom stereocenters. The third kappa shape index (κ3) is 5.48. The molecule has 0 N–H and O–H groups in total. The summed E-state index contributed by atoms with van der Waals surface area (Å²) in [4.78, 5) is 11.8. The first-order valence-electron chi connectivity index (χ1n) is 5.78. The van der Waals surface area contributed by atoms with Gasteiger partial charge in [0.1, 0.15) is 0 Å². The first kappa shape index (κ1) is 14.2. The number of carbonyl (C=O) groups excluding carboxylic acids is 1. The third-order valence-electron chi connectivity index (χ3n) is 2.35. The Bertz CT molecular complexity index is 230. The first-order chi connectivity index (χ1) is 7.38. The maximum atomic E-state index is 11.8. The summed E-state index contributed by atoms with van der Waals surface area (Å²) < 4.78 is 5.50. The fourth-order valence-corrected chi connectivity index (χ4v) is 4.16. The molecule has 1 heterocycles. The average molecular weight is 262 g/mol. The lowest BCUT2D eigenvalue weighted by atomic mass is 9.85. The summed E-state index contributed by atoms with van der Waals surface area (Å²) in [6.45, 7) is 8.43. The molecule has 2 nitrogen and oxygen atoms in total. The Hall–Kier alpha value is 0.170. The molecule has 4 heteroatoms. The fourth-order valence-electron chi connectivity index (χ4n) is 1.78. The molecule has 0 saturated carbocycles. The predicted octanol–water partition coefficient (Wildman–Crippen LogP) is 3.41. The maximum absolute atomic E-state index is 11.8. The van der Waals surface area contributed by atoms with Crippen LogP contribution in [0.15, 0.2) is 0 Å². The molecule has 0 aromatic heterocycles. The number of hydrogen-bond acceptors (Lipinski definition) is 4. The normalized spacial score (nSPS) is 23.9. The van der Waals surface area contributed by atoms with E-state index >= 15 is 0 Å². The zero-order valence-corrected chi connectivity index (χ0v) is 12.2. The van der Waals surface area contributed by atoms with Crippen molar-refractivity contribution in [2.24, 2.45) is 11.3 Å². The average Bonchev–Trinajstić information content (AvgIpc) is 2.16. The standard InChI is InChI=1S/C12H22O2S2/c1-9(7-12(2,3)4)11(13)14-10-8-15-5-6-16-10/h9-10H,5-8H2,1-4H3. The van der Waals surface area contributed by atoms with Gasteiger partial charge in [-0.1, -0.05) is 27.7 Å². The van der Waals surface area contributed by atoms with Crippen LogP contribution in [0.25, 0.3) is 0 Å². The number of hydrogen-bond donors (Lipinski definition) is 0. The summed E-state index contributed by atoms with van der Waals surface area (Å²) in [6.07, 6.45) is 0.885. The van der Waals surface area contributed by atoms with Gasteiger partial charge in [-0.2, -0.15) is 11.8 Å². The molecule has 0 aliphatic carbocycles. The van der Waals surface area contributed by atoms with Gasteiger partial charge in [0.2, 0.25) is 0 Å². The van der Waals surface area contributed by atoms with Crippen LogP contribution in [0.1, 0.15) is 34.1 Å². The van der Waals surface area contributed by atoms with E-state index in [9.17, 15) is 4.79 Å². The highest BCUT2D eigenvalue weighted by Crippen LogP contribution is 2.28. The summed E-state index contributed by atoms with van der Waals surface area (Å²) in [6, 6.07) is 0. The van der Waals surface area contributed by atoms with Crippen LogP contribution in [0.4, 0.5) is 0 Å². The minimum absolute atomic E-state index is 0.00697. The Morgan fingerprint density at radius 2 is 2.12 bits per heavy atom. The molecule has 0 spiro atoms. The Kier molecular flexibility index (Phi) is 5.51. The SMILES string of the molecule is CC(CC(C)(C)C)C(=O)OC1CSCCS1. The molecule has 0 radical (unpaired) electrons. The van der Waals surface area contributed by atoms with Gasteiger partial charge in [-0.15, -0.1) is 11.8 Å². The van der Waals surface area contributed by atoms with E-state index in [1.165, 1.54) is 5.75 Å². The molecule has 0 amide bonds. The molecule has 94 valence electrons. The molecule has 1 saturated heterocycles. The Morgan fingerprint density at radius 1 is 1.44 bits per heavy atom. The van der Waals surface area contributed by atoms with Crippen LogP contribution in [0, 0.1) is 11.3 Å². The largest absolute Gasteiger partial charge is 0.450 e. The maximum Gasteiger partial charge on any atom is 0.309 e. The van der Waals surface area contributed by atoms with E-state index in [-0.39, 0.29) is 22.7 Å². The lowest BCUT2D eigenvalue weighted by Crippen LogP contribution is -2.27. The van der Waals surface area contributed by atoms with Crippen molar-refractivity contribution in [3.05, 3.63) is 0 Å². The van der Waals surface area contributed by atoms with Crippen molar-refractivity contribution in [1.82, 2.24) is 0 Å². The Labute approximate surface area is 107 Å². The van der Waals surface area contributed by atoms with Gasteiger partial charge in [0.15, 0.2) is 5.44 Å². The van der Waals surface area contributed by atoms with E-state index in [1.807, 2.05) is 18.7 Å². The lowest BCUT2D eigenvalue weighted by molar-refractivity contribution is -0.149. The van der Waals surface area contributed by atoms with E-state index in [4.69, 9.17) is 4.74 Å². The first-order valence-corrected chi connectivity index (χ1v) is 7.99. The zero-order valence-electron chi connectivity index (χ0n) is 10.6. The van der Waals surface area contributed by atoms with Crippen LogP contribution in [-0.2, 0) is 9.53 Å². The Balaban J connectivity index is 2.33. The van der Waals surface area contributed by atoms with Crippen LogP contribution in [-0.4, -0.2) is 28.7 Å². The van der Waals surface area contributed by atoms with Gasteiger partial charge >= 0.3 is 5.97 Å². The molecule has 1 fully saturated rings. The van der Waals surface area contributed by atoms with Gasteiger partial charge in [0.25, 0.3) is 0 Å². The zero-order chi connectivity index (χ0) is 12.2. The molecule has 16 heavy (non-hydrogen) atoms. The summed E-state index contributed by atoms with van der Waals surface area (Å²) >= 11 is 3.63. The quantitative estimate of drug-likeness (QED) is 0.728. The summed E-state index contributed by atoms with van der Waals surface area (Å²) in [7, 11) is 0. The molecule has 1 aliphatic heterocycles. The van der Waals surface area contributed by atoms with Crippen molar-refractivity contribution in [3.8, 4) is 0 Å². The number of ether oxygens (including phenoxy) is 1. The van der Waals surface area contributed by atoms with Gasteiger partial charge in [-0.3, -0.25) is 4.79 Å². The van der Waals surface area contributed by atoms with Gasteiger partial charge in [0.05, 0.1) is 5.92 Å².